The Kier molecular flexibility index (Phi) is 5.33. The van der Waals surface area contributed by atoms with Gasteiger partial charge in [-0.3, -0.25) is 0 Å². The van der Waals surface area contributed by atoms with Gasteiger partial charge < -0.3 is 0 Å². The summed E-state index contributed by atoms with van der Waals surface area (Å²) in [5.74, 6) is -2.92. The molecule has 0 aromatic heterocycles. The molecule has 0 aliphatic carbocycles. The lowest BCUT2D eigenvalue weighted by molar-refractivity contribution is 0.576. The molecule has 0 fully saturated rings. The third-order valence-electron chi connectivity index (χ3n) is 4.10. The van der Waals surface area contributed by atoms with Gasteiger partial charge in [0.05, 0.1) is 10.9 Å². The van der Waals surface area contributed by atoms with Crippen molar-refractivity contribution in [1.29, 1.82) is 0 Å². The molecule has 0 bridgehead atoms. The first-order chi connectivity index (χ1) is 12.6. The Morgan fingerprint density at radius 1 is 0.556 bits per heavy atom. The quantitative estimate of drug-likeness (QED) is 0.347. The molecule has 140 valence electrons. The van der Waals surface area contributed by atoms with E-state index < -0.39 is 34.2 Å². The second-order valence-electron chi connectivity index (χ2n) is 7.29. The maximum Gasteiger partial charge on any atom is 0.172 e. The van der Waals surface area contributed by atoms with Crippen molar-refractivity contribution >= 4 is 10.9 Å². The summed E-state index contributed by atoms with van der Waals surface area (Å²) in [7, 11) is -1.05. The molecule has 0 aliphatic rings. The fourth-order valence-electron chi connectivity index (χ4n) is 2.79. The lowest BCUT2D eigenvalue weighted by Crippen LogP contribution is -2.12. The number of benzene rings is 3. The molecule has 0 unspecified atom stereocenters. The first kappa shape index (κ1) is 19.5. The molecule has 0 atom stereocenters. The summed E-state index contributed by atoms with van der Waals surface area (Å²) in [6.07, 6.45) is 0. The van der Waals surface area contributed by atoms with Crippen molar-refractivity contribution in [3.8, 4) is 0 Å². The second-order valence-corrected chi connectivity index (χ2v) is 9.32. The first-order valence-corrected chi connectivity index (χ1v) is 9.63. The molecule has 3 rings (SSSR count). The van der Waals surface area contributed by atoms with Crippen LogP contribution in [0.2, 0.25) is 0 Å². The van der Waals surface area contributed by atoms with Crippen molar-refractivity contribution in [2.24, 2.45) is 0 Å². The van der Waals surface area contributed by atoms with Crippen LogP contribution >= 0.6 is 0 Å². The highest BCUT2D eigenvalue weighted by Crippen LogP contribution is 2.34. The van der Waals surface area contributed by atoms with E-state index in [2.05, 4.69) is 20.8 Å². The van der Waals surface area contributed by atoms with E-state index in [9.17, 15) is 17.6 Å². The molecule has 0 heterocycles. The number of rotatable bonds is 3. The summed E-state index contributed by atoms with van der Waals surface area (Å²) in [6, 6.07) is 13.9. The van der Waals surface area contributed by atoms with Crippen molar-refractivity contribution in [3.63, 3.8) is 0 Å². The van der Waals surface area contributed by atoms with Crippen LogP contribution in [0.4, 0.5) is 17.6 Å². The smallest absolute Gasteiger partial charge is 0.172 e. The largest absolute Gasteiger partial charge is 0.207 e. The zero-order chi connectivity index (χ0) is 19.8. The van der Waals surface area contributed by atoms with Gasteiger partial charge in [-0.2, -0.15) is 0 Å². The summed E-state index contributed by atoms with van der Waals surface area (Å²) in [4.78, 5) is 1.36. The van der Waals surface area contributed by atoms with E-state index in [1.54, 1.807) is 0 Å². The van der Waals surface area contributed by atoms with Crippen molar-refractivity contribution < 1.29 is 17.6 Å². The highest BCUT2D eigenvalue weighted by atomic mass is 32.2. The summed E-state index contributed by atoms with van der Waals surface area (Å²) >= 11 is 0. The van der Waals surface area contributed by atoms with E-state index in [4.69, 9.17) is 0 Å². The third-order valence-corrected chi connectivity index (χ3v) is 6.26. The van der Waals surface area contributed by atoms with E-state index in [1.807, 2.05) is 24.3 Å². The first-order valence-electron chi connectivity index (χ1n) is 8.40. The normalized spacial score (nSPS) is 11.9. The van der Waals surface area contributed by atoms with Gasteiger partial charge in [0.25, 0.3) is 0 Å². The molecule has 27 heavy (non-hydrogen) atoms. The zero-order valence-corrected chi connectivity index (χ0v) is 16.0. The monoisotopic (exact) mass is 391 g/mol. The third kappa shape index (κ3) is 4.53. The Bertz CT molecular complexity index is 867. The lowest BCUT2D eigenvalue weighted by atomic mass is 9.87. The van der Waals surface area contributed by atoms with Crippen molar-refractivity contribution in [2.75, 3.05) is 0 Å². The molecule has 0 nitrogen and oxygen atoms in total. The molecule has 0 N–H and O–H groups in total. The van der Waals surface area contributed by atoms with Gasteiger partial charge in [0, 0.05) is 36.4 Å². The molecule has 0 saturated heterocycles. The van der Waals surface area contributed by atoms with Gasteiger partial charge >= 0.3 is 0 Å². The summed E-state index contributed by atoms with van der Waals surface area (Å²) in [5, 5.41) is 0. The van der Waals surface area contributed by atoms with Gasteiger partial charge in [-0.05, 0) is 23.1 Å². The molecular formula is C22H19F4S+. The minimum absolute atomic E-state index is 0.0624. The fraction of sp³-hybridized carbons (Fsp3) is 0.182. The number of hydrogen-bond donors (Lipinski definition) is 0. The topological polar surface area (TPSA) is 0 Å². The summed E-state index contributed by atoms with van der Waals surface area (Å²) in [5.41, 5.74) is 1.03. The lowest BCUT2D eigenvalue weighted by Gasteiger charge is -2.19. The van der Waals surface area contributed by atoms with Crippen LogP contribution in [0, 0.1) is 23.3 Å². The maximum atomic E-state index is 13.8. The molecule has 0 spiro atoms. The molecule has 3 aromatic carbocycles. The molecule has 0 saturated carbocycles. The molecule has 0 amide bonds. The predicted octanol–water partition coefficient (Wildman–Crippen LogP) is 6.64. The molecule has 0 radical (unpaired) electrons. The van der Waals surface area contributed by atoms with Crippen LogP contribution in [0.15, 0.2) is 75.4 Å². The van der Waals surface area contributed by atoms with Crippen molar-refractivity contribution in [3.05, 3.63) is 89.5 Å². The molecule has 0 aliphatic heterocycles. The Hall–Kier alpha value is -2.27. The van der Waals surface area contributed by atoms with Crippen LogP contribution in [0.1, 0.15) is 26.3 Å². The molecule has 3 aromatic rings. The van der Waals surface area contributed by atoms with Crippen LogP contribution in [0.5, 0.6) is 0 Å². The van der Waals surface area contributed by atoms with Crippen LogP contribution in [0.3, 0.4) is 0 Å². The Morgan fingerprint density at radius 2 is 0.926 bits per heavy atom. The SMILES string of the molecule is CC(C)(C)c1ccc([S+](c2cc(F)cc(F)c2)c2cc(F)cc(F)c2)cc1. The Balaban J connectivity index is 2.18. The Morgan fingerprint density at radius 3 is 1.26 bits per heavy atom. The molecule has 5 heteroatoms. The van der Waals surface area contributed by atoms with Gasteiger partial charge in [0.15, 0.2) is 14.7 Å². The predicted molar refractivity (Wildman–Crippen MR) is 100 cm³/mol. The average Bonchev–Trinajstić information content (AvgIpc) is 2.53. The van der Waals surface area contributed by atoms with Gasteiger partial charge in [0.2, 0.25) is 0 Å². The van der Waals surface area contributed by atoms with Crippen LogP contribution in [0.25, 0.3) is 0 Å². The highest BCUT2D eigenvalue weighted by Gasteiger charge is 2.31. The van der Waals surface area contributed by atoms with E-state index in [-0.39, 0.29) is 5.41 Å². The number of hydrogen-bond acceptors (Lipinski definition) is 0. The van der Waals surface area contributed by atoms with Gasteiger partial charge in [-0.1, -0.05) is 32.9 Å². The van der Waals surface area contributed by atoms with Crippen LogP contribution < -0.4 is 0 Å². The standard InChI is InChI=1S/C22H19F4S/c1-22(2,3)14-4-6-19(7-5-14)27(20-10-15(23)8-16(24)11-20)21-12-17(25)9-18(26)13-21/h4-13H,1-3H3/q+1. The fourth-order valence-corrected chi connectivity index (χ4v) is 4.94. The van der Waals surface area contributed by atoms with E-state index in [0.29, 0.717) is 9.79 Å². The van der Waals surface area contributed by atoms with E-state index >= 15 is 0 Å². The second kappa shape index (κ2) is 7.39. The number of halogens is 4. The Labute approximate surface area is 159 Å². The average molecular weight is 391 g/mol. The van der Waals surface area contributed by atoms with Crippen molar-refractivity contribution in [1.82, 2.24) is 0 Å². The highest BCUT2D eigenvalue weighted by molar-refractivity contribution is 7.97. The van der Waals surface area contributed by atoms with Gasteiger partial charge in [-0.15, -0.1) is 0 Å². The molecular weight excluding hydrogens is 372 g/mol. The maximum absolute atomic E-state index is 13.8. The van der Waals surface area contributed by atoms with E-state index in [1.165, 1.54) is 24.3 Å². The van der Waals surface area contributed by atoms with Gasteiger partial charge in [0.1, 0.15) is 23.3 Å². The summed E-state index contributed by atoms with van der Waals surface area (Å²) < 4.78 is 55.3. The van der Waals surface area contributed by atoms with Crippen molar-refractivity contribution in [2.45, 2.75) is 40.9 Å². The minimum atomic E-state index is -1.05. The van der Waals surface area contributed by atoms with E-state index in [0.717, 1.165) is 22.6 Å². The van der Waals surface area contributed by atoms with Gasteiger partial charge in [-0.25, -0.2) is 17.6 Å². The van der Waals surface area contributed by atoms with Crippen LogP contribution in [-0.4, -0.2) is 0 Å². The van der Waals surface area contributed by atoms with Crippen LogP contribution in [-0.2, 0) is 16.3 Å². The summed E-state index contributed by atoms with van der Waals surface area (Å²) in [6.45, 7) is 6.23. The zero-order valence-electron chi connectivity index (χ0n) is 15.2. The minimum Gasteiger partial charge on any atom is -0.207 e.